The molecule has 1 heterocycles. The van der Waals surface area contributed by atoms with Crippen molar-refractivity contribution in [2.75, 3.05) is 17.2 Å². The minimum Gasteiger partial charge on any atom is -0.481 e. The summed E-state index contributed by atoms with van der Waals surface area (Å²) >= 11 is 0. The maximum absolute atomic E-state index is 11.8. The molecule has 0 bridgehead atoms. The number of anilines is 3. The zero-order chi connectivity index (χ0) is 25.0. The van der Waals surface area contributed by atoms with Gasteiger partial charge in [-0.05, 0) is 36.1 Å². The molecule has 182 valence electrons. The average molecular weight is 481 g/mol. The van der Waals surface area contributed by atoms with E-state index in [4.69, 9.17) is 4.98 Å². The number of aliphatic hydroxyl groups is 1. The van der Waals surface area contributed by atoms with Crippen LogP contribution in [0, 0.1) is 0 Å². The number of carbonyl (C=O) groups is 1. The number of carboxylic acids is 1. The van der Waals surface area contributed by atoms with Crippen molar-refractivity contribution in [2.24, 2.45) is 0 Å². The molecule has 1 saturated carbocycles. The molecule has 4 N–H and O–H groups in total. The number of hydrogen-bond acceptors (Lipinski definition) is 6. The Kier molecular flexibility index (Phi) is 6.64. The van der Waals surface area contributed by atoms with Gasteiger partial charge in [-0.1, -0.05) is 79.2 Å². The monoisotopic (exact) mass is 480 g/mol. The predicted octanol–water partition coefficient (Wildman–Crippen LogP) is 5.54. The van der Waals surface area contributed by atoms with Crippen LogP contribution in [0.1, 0.15) is 36.4 Å². The molecule has 1 unspecified atom stereocenters. The molecule has 1 aliphatic rings. The SMILES string of the molecule is O=C(O)C1(c2ccc(Nc3nc(NC(CO)c4ccccc4)cc(-c4ccccc4)n3)cc2)CCC1. The van der Waals surface area contributed by atoms with Crippen molar-refractivity contribution in [3.05, 3.63) is 102 Å². The quantitative estimate of drug-likeness (QED) is 0.249. The number of aliphatic carboxylic acids is 1. The molecule has 36 heavy (non-hydrogen) atoms. The van der Waals surface area contributed by atoms with Crippen LogP contribution in [0.15, 0.2) is 91.0 Å². The summed E-state index contributed by atoms with van der Waals surface area (Å²) in [6.07, 6.45) is 2.26. The molecule has 5 rings (SSSR count). The number of aromatic nitrogens is 2. The Morgan fingerprint density at radius 3 is 2.17 bits per heavy atom. The van der Waals surface area contributed by atoms with E-state index in [1.165, 1.54) is 0 Å². The number of benzene rings is 3. The molecule has 7 nitrogen and oxygen atoms in total. The lowest BCUT2D eigenvalue weighted by atomic mass is 9.64. The van der Waals surface area contributed by atoms with Gasteiger partial charge in [-0.15, -0.1) is 0 Å². The molecule has 1 fully saturated rings. The highest BCUT2D eigenvalue weighted by Gasteiger charge is 2.45. The highest BCUT2D eigenvalue weighted by molar-refractivity contribution is 5.82. The van der Waals surface area contributed by atoms with Crippen LogP contribution in [-0.4, -0.2) is 32.8 Å². The van der Waals surface area contributed by atoms with E-state index in [-0.39, 0.29) is 12.6 Å². The molecule has 3 aromatic carbocycles. The van der Waals surface area contributed by atoms with Gasteiger partial charge in [0.15, 0.2) is 0 Å². The van der Waals surface area contributed by atoms with E-state index >= 15 is 0 Å². The molecule has 0 spiro atoms. The van der Waals surface area contributed by atoms with Crippen LogP contribution in [0.5, 0.6) is 0 Å². The number of aliphatic hydroxyl groups excluding tert-OH is 1. The fourth-order valence-corrected chi connectivity index (χ4v) is 4.59. The topological polar surface area (TPSA) is 107 Å². The van der Waals surface area contributed by atoms with Crippen LogP contribution in [0.25, 0.3) is 11.3 Å². The first-order valence-electron chi connectivity index (χ1n) is 12.1. The van der Waals surface area contributed by atoms with Crippen molar-refractivity contribution < 1.29 is 15.0 Å². The van der Waals surface area contributed by atoms with Crippen LogP contribution in [0.2, 0.25) is 0 Å². The molecule has 1 atom stereocenters. The number of rotatable bonds is 9. The minimum atomic E-state index is -0.768. The van der Waals surface area contributed by atoms with E-state index in [1.54, 1.807) is 0 Å². The van der Waals surface area contributed by atoms with Gasteiger partial charge in [0, 0.05) is 17.3 Å². The molecule has 0 amide bonds. The van der Waals surface area contributed by atoms with Crippen molar-refractivity contribution in [1.82, 2.24) is 9.97 Å². The maximum atomic E-state index is 11.8. The normalized spacial score (nSPS) is 14.9. The van der Waals surface area contributed by atoms with Gasteiger partial charge in [-0.2, -0.15) is 4.98 Å². The number of carboxylic acid groups (broad SMARTS) is 1. The van der Waals surface area contributed by atoms with Gasteiger partial charge in [0.25, 0.3) is 0 Å². The summed E-state index contributed by atoms with van der Waals surface area (Å²) in [4.78, 5) is 21.2. The van der Waals surface area contributed by atoms with Crippen LogP contribution < -0.4 is 10.6 Å². The van der Waals surface area contributed by atoms with Crippen molar-refractivity contribution in [3.8, 4) is 11.3 Å². The summed E-state index contributed by atoms with van der Waals surface area (Å²) in [6.45, 7) is -0.0930. The minimum absolute atomic E-state index is 0.0930. The van der Waals surface area contributed by atoms with E-state index in [0.717, 1.165) is 34.5 Å². The molecule has 7 heteroatoms. The molecule has 0 aliphatic heterocycles. The second kappa shape index (κ2) is 10.2. The first kappa shape index (κ1) is 23.5. The van der Waals surface area contributed by atoms with E-state index < -0.39 is 11.4 Å². The van der Waals surface area contributed by atoms with E-state index in [9.17, 15) is 15.0 Å². The van der Waals surface area contributed by atoms with Gasteiger partial charge in [-0.25, -0.2) is 4.98 Å². The Hall–Kier alpha value is -4.23. The lowest BCUT2D eigenvalue weighted by Crippen LogP contribution is -2.42. The highest BCUT2D eigenvalue weighted by Crippen LogP contribution is 2.44. The average Bonchev–Trinajstić information content (AvgIpc) is 2.88. The van der Waals surface area contributed by atoms with Gasteiger partial charge >= 0.3 is 5.97 Å². The second-order valence-corrected chi connectivity index (χ2v) is 9.06. The first-order chi connectivity index (χ1) is 17.6. The van der Waals surface area contributed by atoms with Crippen LogP contribution in [-0.2, 0) is 10.2 Å². The molecule has 4 aromatic rings. The zero-order valence-electron chi connectivity index (χ0n) is 19.8. The Morgan fingerprint density at radius 1 is 0.917 bits per heavy atom. The number of nitrogens with one attached hydrogen (secondary N) is 2. The third kappa shape index (κ3) is 4.78. The van der Waals surface area contributed by atoms with E-state index in [1.807, 2.05) is 91.0 Å². The van der Waals surface area contributed by atoms with Gasteiger partial charge in [0.2, 0.25) is 5.95 Å². The summed E-state index contributed by atoms with van der Waals surface area (Å²) in [5.74, 6) is 0.207. The molecule has 1 aromatic heterocycles. The third-order valence-electron chi connectivity index (χ3n) is 6.81. The first-order valence-corrected chi connectivity index (χ1v) is 12.1. The standard InChI is InChI=1S/C29H28N4O3/c34-19-25(21-10-5-2-6-11-21)31-26-18-24(20-8-3-1-4-9-20)32-28(33-26)30-23-14-12-22(13-15-23)29(27(35)36)16-7-17-29/h1-6,8-15,18,25,34H,7,16-17,19H2,(H,35,36)(H2,30,31,32,33). The Bertz CT molecular complexity index is 1320. The van der Waals surface area contributed by atoms with E-state index in [2.05, 4.69) is 15.6 Å². The Morgan fingerprint density at radius 2 is 1.58 bits per heavy atom. The fraction of sp³-hybridized carbons (Fsp3) is 0.207. The second-order valence-electron chi connectivity index (χ2n) is 9.06. The van der Waals surface area contributed by atoms with Crippen LogP contribution in [0.3, 0.4) is 0 Å². The summed E-state index contributed by atoms with van der Waals surface area (Å²) in [6, 6.07) is 28.5. The number of hydrogen-bond donors (Lipinski definition) is 4. The Balaban J connectivity index is 1.44. The fourth-order valence-electron chi connectivity index (χ4n) is 4.59. The smallest absolute Gasteiger partial charge is 0.314 e. The molecule has 0 saturated heterocycles. The lowest BCUT2D eigenvalue weighted by molar-refractivity contribution is -0.147. The maximum Gasteiger partial charge on any atom is 0.314 e. The molecular weight excluding hydrogens is 452 g/mol. The highest BCUT2D eigenvalue weighted by atomic mass is 16.4. The van der Waals surface area contributed by atoms with Gasteiger partial charge in [-0.3, -0.25) is 4.79 Å². The number of nitrogens with zero attached hydrogens (tertiary/aromatic N) is 2. The van der Waals surface area contributed by atoms with Gasteiger partial charge < -0.3 is 20.8 Å². The predicted molar refractivity (Wildman–Crippen MR) is 140 cm³/mol. The van der Waals surface area contributed by atoms with Crippen molar-refractivity contribution in [3.63, 3.8) is 0 Å². The zero-order valence-corrected chi connectivity index (χ0v) is 19.8. The van der Waals surface area contributed by atoms with Gasteiger partial charge in [0.1, 0.15) is 5.82 Å². The van der Waals surface area contributed by atoms with Gasteiger partial charge in [0.05, 0.1) is 23.8 Å². The van der Waals surface area contributed by atoms with Crippen LogP contribution >= 0.6 is 0 Å². The summed E-state index contributed by atoms with van der Waals surface area (Å²) in [5, 5.41) is 26.3. The lowest BCUT2D eigenvalue weighted by Gasteiger charge is -2.38. The van der Waals surface area contributed by atoms with Crippen LogP contribution in [0.4, 0.5) is 17.5 Å². The Labute approximate surface area is 209 Å². The van der Waals surface area contributed by atoms with Crippen molar-refractivity contribution >= 4 is 23.4 Å². The molecule has 0 radical (unpaired) electrons. The molecule has 1 aliphatic carbocycles. The van der Waals surface area contributed by atoms with Crippen molar-refractivity contribution in [2.45, 2.75) is 30.7 Å². The summed E-state index contributed by atoms with van der Waals surface area (Å²) < 4.78 is 0. The van der Waals surface area contributed by atoms with E-state index in [0.29, 0.717) is 24.6 Å². The third-order valence-corrected chi connectivity index (χ3v) is 6.81. The largest absolute Gasteiger partial charge is 0.481 e. The molecular formula is C29H28N4O3. The summed E-state index contributed by atoms with van der Waals surface area (Å²) in [7, 11) is 0. The van der Waals surface area contributed by atoms with Crippen molar-refractivity contribution in [1.29, 1.82) is 0 Å². The summed E-state index contributed by atoms with van der Waals surface area (Å²) in [5.41, 5.74) is 3.44.